The average Bonchev–Trinajstić information content (AvgIpc) is 2.22. The maximum absolute atomic E-state index is 11.0. The third-order valence-electron chi connectivity index (χ3n) is 1.61. The van der Waals surface area contributed by atoms with E-state index in [4.69, 9.17) is 9.94 Å². The van der Waals surface area contributed by atoms with E-state index in [1.807, 2.05) is 6.92 Å². The summed E-state index contributed by atoms with van der Waals surface area (Å²) in [4.78, 5) is 11.0. The number of nitrogens with one attached hydrogen (secondary N) is 1. The topological polar surface area (TPSA) is 70.9 Å². The van der Waals surface area contributed by atoms with Crippen LogP contribution in [0.4, 0.5) is 5.69 Å². The molecule has 0 spiro atoms. The molecule has 0 aliphatic carbocycles. The summed E-state index contributed by atoms with van der Waals surface area (Å²) in [6.07, 6.45) is 0.788. The fourth-order valence-electron chi connectivity index (χ4n) is 1.03. The van der Waals surface area contributed by atoms with Gasteiger partial charge in [-0.3, -0.25) is 4.79 Å². The lowest BCUT2D eigenvalue weighted by atomic mass is 10.3. The number of benzene rings is 1. The summed E-state index contributed by atoms with van der Waals surface area (Å²) in [7, 11) is 0. The fraction of sp³-hybridized carbons (Fsp3) is 0.200. The summed E-state index contributed by atoms with van der Waals surface area (Å²) >= 11 is 0. The van der Waals surface area contributed by atoms with Gasteiger partial charge in [0, 0.05) is 5.69 Å². The van der Waals surface area contributed by atoms with Crippen molar-refractivity contribution in [3.05, 3.63) is 24.3 Å². The molecule has 80 valence electrons. The smallest absolute Gasteiger partial charge is 0.270 e. The highest BCUT2D eigenvalue weighted by atomic mass is 16.5. The lowest BCUT2D eigenvalue weighted by Gasteiger charge is -2.04. The minimum atomic E-state index is -0.485. The number of amides is 1. The van der Waals surface area contributed by atoms with Crippen LogP contribution in [-0.4, -0.2) is 23.9 Å². The molecule has 0 saturated carbocycles. The standard InChI is InChI=1S/C10H12N2O3/c1-2-15-9-5-3-8(4-6-9)12-10(13)7-11-14/h3-7,14H,2H2,1H3,(H,12,13)/b11-7+. The zero-order valence-corrected chi connectivity index (χ0v) is 8.30. The molecule has 0 aromatic heterocycles. The Morgan fingerprint density at radius 1 is 1.53 bits per heavy atom. The highest BCUT2D eigenvalue weighted by molar-refractivity contribution is 6.31. The Morgan fingerprint density at radius 3 is 2.73 bits per heavy atom. The number of hydrogen-bond acceptors (Lipinski definition) is 4. The summed E-state index contributed by atoms with van der Waals surface area (Å²) in [5.74, 6) is 0.257. The summed E-state index contributed by atoms with van der Waals surface area (Å²) in [5.41, 5.74) is 0.614. The molecule has 0 heterocycles. The van der Waals surface area contributed by atoms with Gasteiger partial charge in [0.1, 0.15) is 12.0 Å². The first-order valence-corrected chi connectivity index (χ1v) is 4.47. The molecule has 0 aliphatic rings. The number of oxime groups is 1. The van der Waals surface area contributed by atoms with Crippen LogP contribution in [0.2, 0.25) is 0 Å². The van der Waals surface area contributed by atoms with Gasteiger partial charge in [-0.2, -0.15) is 0 Å². The third-order valence-corrected chi connectivity index (χ3v) is 1.61. The largest absolute Gasteiger partial charge is 0.494 e. The molecule has 2 N–H and O–H groups in total. The molecular formula is C10H12N2O3. The third kappa shape index (κ3) is 3.68. The maximum atomic E-state index is 11.0. The van der Waals surface area contributed by atoms with E-state index in [1.54, 1.807) is 24.3 Å². The van der Waals surface area contributed by atoms with E-state index < -0.39 is 5.91 Å². The lowest BCUT2D eigenvalue weighted by molar-refractivity contribution is -0.110. The Morgan fingerprint density at radius 2 is 2.20 bits per heavy atom. The van der Waals surface area contributed by atoms with Crippen molar-refractivity contribution in [2.24, 2.45) is 5.16 Å². The number of hydrogen-bond donors (Lipinski definition) is 2. The van der Waals surface area contributed by atoms with E-state index in [-0.39, 0.29) is 0 Å². The predicted molar refractivity (Wildman–Crippen MR) is 56.5 cm³/mol. The van der Waals surface area contributed by atoms with Crippen LogP contribution < -0.4 is 10.1 Å². The first-order valence-electron chi connectivity index (χ1n) is 4.47. The zero-order valence-electron chi connectivity index (χ0n) is 8.30. The van der Waals surface area contributed by atoms with Crippen LogP contribution in [0.5, 0.6) is 5.75 Å². The molecule has 1 amide bonds. The number of ether oxygens (including phenoxy) is 1. The molecular weight excluding hydrogens is 196 g/mol. The van der Waals surface area contributed by atoms with Crippen molar-refractivity contribution in [1.29, 1.82) is 0 Å². The second-order valence-electron chi connectivity index (χ2n) is 2.69. The molecule has 5 nitrogen and oxygen atoms in total. The van der Waals surface area contributed by atoms with Gasteiger partial charge in [0.2, 0.25) is 0 Å². The van der Waals surface area contributed by atoms with Crippen molar-refractivity contribution in [3.8, 4) is 5.75 Å². The quantitative estimate of drug-likeness (QED) is 0.447. The molecule has 0 unspecified atom stereocenters. The molecule has 0 atom stereocenters. The number of carbonyl (C=O) groups excluding carboxylic acids is 1. The number of nitrogens with zero attached hydrogens (tertiary/aromatic N) is 1. The molecule has 1 aromatic carbocycles. The van der Waals surface area contributed by atoms with E-state index in [0.29, 0.717) is 12.3 Å². The van der Waals surface area contributed by atoms with Crippen LogP contribution in [0.3, 0.4) is 0 Å². The average molecular weight is 208 g/mol. The van der Waals surface area contributed by atoms with Crippen LogP contribution in [0, 0.1) is 0 Å². The van der Waals surface area contributed by atoms with E-state index in [0.717, 1.165) is 12.0 Å². The van der Waals surface area contributed by atoms with Crippen molar-refractivity contribution in [2.45, 2.75) is 6.92 Å². The number of rotatable bonds is 4. The van der Waals surface area contributed by atoms with E-state index >= 15 is 0 Å². The summed E-state index contributed by atoms with van der Waals surface area (Å²) in [6.45, 7) is 2.50. The predicted octanol–water partition coefficient (Wildman–Crippen LogP) is 1.48. The van der Waals surface area contributed by atoms with Crippen LogP contribution in [0.15, 0.2) is 29.4 Å². The highest BCUT2D eigenvalue weighted by Gasteiger charge is 1.98. The van der Waals surface area contributed by atoms with Crippen molar-refractivity contribution < 1.29 is 14.7 Å². The Bertz CT molecular complexity index is 346. The second kappa shape index (κ2) is 5.64. The van der Waals surface area contributed by atoms with Gasteiger partial charge >= 0.3 is 0 Å². The monoisotopic (exact) mass is 208 g/mol. The van der Waals surface area contributed by atoms with Crippen molar-refractivity contribution in [2.75, 3.05) is 11.9 Å². The van der Waals surface area contributed by atoms with Gasteiger partial charge in [-0.1, -0.05) is 5.16 Å². The zero-order chi connectivity index (χ0) is 11.1. The maximum Gasteiger partial charge on any atom is 0.270 e. The highest BCUT2D eigenvalue weighted by Crippen LogP contribution is 2.15. The Labute approximate surface area is 87.4 Å². The van der Waals surface area contributed by atoms with E-state index in [2.05, 4.69) is 10.5 Å². The van der Waals surface area contributed by atoms with E-state index in [9.17, 15) is 4.79 Å². The van der Waals surface area contributed by atoms with Crippen LogP contribution in [-0.2, 0) is 4.79 Å². The molecule has 15 heavy (non-hydrogen) atoms. The molecule has 0 saturated heterocycles. The SMILES string of the molecule is CCOc1ccc(NC(=O)/C=N/O)cc1. The van der Waals surface area contributed by atoms with Gasteiger partial charge in [0.15, 0.2) is 0 Å². The number of carbonyl (C=O) groups is 1. The van der Waals surface area contributed by atoms with Gasteiger partial charge < -0.3 is 15.3 Å². The molecule has 0 radical (unpaired) electrons. The van der Waals surface area contributed by atoms with Gasteiger partial charge in [0.25, 0.3) is 5.91 Å². The first-order chi connectivity index (χ1) is 7.26. The summed E-state index contributed by atoms with van der Waals surface area (Å²) < 4.78 is 5.23. The van der Waals surface area contributed by atoms with Gasteiger partial charge in [-0.15, -0.1) is 0 Å². The van der Waals surface area contributed by atoms with Crippen molar-refractivity contribution >= 4 is 17.8 Å². The van der Waals surface area contributed by atoms with Crippen molar-refractivity contribution in [1.82, 2.24) is 0 Å². The Hall–Kier alpha value is -2.04. The van der Waals surface area contributed by atoms with Crippen LogP contribution in [0.25, 0.3) is 0 Å². The molecule has 0 aliphatic heterocycles. The fourth-order valence-corrected chi connectivity index (χ4v) is 1.03. The van der Waals surface area contributed by atoms with Gasteiger partial charge in [-0.25, -0.2) is 0 Å². The summed E-state index contributed by atoms with van der Waals surface area (Å²) in [5, 5.41) is 13.2. The molecule has 0 bridgehead atoms. The molecule has 1 rings (SSSR count). The lowest BCUT2D eigenvalue weighted by Crippen LogP contribution is -2.12. The molecule has 1 aromatic rings. The van der Waals surface area contributed by atoms with Crippen LogP contribution >= 0.6 is 0 Å². The van der Waals surface area contributed by atoms with Gasteiger partial charge in [0.05, 0.1) is 6.61 Å². The minimum absolute atomic E-state index is 0.485. The van der Waals surface area contributed by atoms with Gasteiger partial charge in [-0.05, 0) is 31.2 Å². The van der Waals surface area contributed by atoms with E-state index in [1.165, 1.54) is 0 Å². The second-order valence-corrected chi connectivity index (χ2v) is 2.69. The normalized spacial score (nSPS) is 10.2. The van der Waals surface area contributed by atoms with Crippen molar-refractivity contribution in [3.63, 3.8) is 0 Å². The molecule has 5 heteroatoms. The first kappa shape index (κ1) is 11.0. The minimum Gasteiger partial charge on any atom is -0.494 e. The van der Waals surface area contributed by atoms with Crippen LogP contribution in [0.1, 0.15) is 6.92 Å². The summed E-state index contributed by atoms with van der Waals surface area (Å²) in [6, 6.07) is 6.90. The molecule has 0 fully saturated rings. The number of anilines is 1. The Kier molecular flexibility index (Phi) is 4.15. The Balaban J connectivity index is 2.60.